The molecule has 44 heavy (non-hydrogen) atoms. The van der Waals surface area contributed by atoms with Crippen LogP contribution in [0, 0.1) is 11.6 Å². The van der Waals surface area contributed by atoms with Crippen LogP contribution in [-0.2, 0) is 36.8 Å². The molecule has 2 aliphatic heterocycles. The first-order valence-electron chi connectivity index (χ1n) is 13.1. The Morgan fingerprint density at radius 2 is 1.89 bits per heavy atom. The molecule has 1 fully saturated rings. The maximum Gasteiger partial charge on any atom is 0.511 e. The van der Waals surface area contributed by atoms with Crippen molar-refractivity contribution in [3.05, 3.63) is 63.1 Å². The van der Waals surface area contributed by atoms with E-state index in [2.05, 4.69) is 10.1 Å². The SMILES string of the molecule is C[C@H]1CO[C@@H]2Cn3cc(C(=O)NCc4ccc(F)cc4F)c(=O)c(OCOC(=O)OCC(=O)OCCN(C)C)c3C(=O)N12.Cl. The van der Waals surface area contributed by atoms with Gasteiger partial charge in [-0.1, -0.05) is 6.07 Å². The van der Waals surface area contributed by atoms with Crippen LogP contribution >= 0.6 is 12.4 Å². The summed E-state index contributed by atoms with van der Waals surface area (Å²) in [6, 6.07) is 2.50. The zero-order chi connectivity index (χ0) is 31.3. The van der Waals surface area contributed by atoms with E-state index in [1.54, 1.807) is 25.9 Å². The third-order valence-electron chi connectivity index (χ3n) is 6.53. The van der Waals surface area contributed by atoms with Crippen LogP contribution in [0.5, 0.6) is 5.75 Å². The number of pyridine rings is 1. The topological polar surface area (TPSA) is 155 Å². The van der Waals surface area contributed by atoms with Crippen molar-refractivity contribution >= 4 is 36.3 Å². The van der Waals surface area contributed by atoms with E-state index < -0.39 is 71.9 Å². The maximum absolute atomic E-state index is 14.0. The summed E-state index contributed by atoms with van der Waals surface area (Å²) in [6.45, 7) is 0.583. The number of carbonyl (C=O) groups is 4. The van der Waals surface area contributed by atoms with Gasteiger partial charge >= 0.3 is 12.1 Å². The predicted molar refractivity (Wildman–Crippen MR) is 148 cm³/mol. The molecule has 1 saturated heterocycles. The molecule has 0 spiro atoms. The van der Waals surface area contributed by atoms with E-state index in [-0.39, 0.29) is 56.0 Å². The summed E-state index contributed by atoms with van der Waals surface area (Å²) < 4.78 is 54.0. The highest BCUT2D eigenvalue weighted by Gasteiger charge is 2.43. The Morgan fingerprint density at radius 1 is 1.14 bits per heavy atom. The summed E-state index contributed by atoms with van der Waals surface area (Å²) in [5, 5.41) is 2.39. The molecule has 1 N–H and O–H groups in total. The van der Waals surface area contributed by atoms with Crippen molar-refractivity contribution < 1.29 is 51.6 Å². The summed E-state index contributed by atoms with van der Waals surface area (Å²) in [6.07, 6.45) is -0.834. The maximum atomic E-state index is 14.0. The minimum Gasteiger partial charge on any atom is -0.462 e. The summed E-state index contributed by atoms with van der Waals surface area (Å²) in [5.74, 6) is -4.63. The summed E-state index contributed by atoms with van der Waals surface area (Å²) >= 11 is 0. The second-order valence-corrected chi connectivity index (χ2v) is 9.94. The summed E-state index contributed by atoms with van der Waals surface area (Å²) in [4.78, 5) is 66.7. The Labute approximate surface area is 256 Å². The molecule has 0 unspecified atom stereocenters. The van der Waals surface area contributed by atoms with Gasteiger partial charge in [-0.05, 0) is 27.1 Å². The molecule has 17 heteroatoms. The number of carbonyl (C=O) groups excluding carboxylic acids is 4. The number of benzene rings is 1. The molecule has 2 aliphatic rings. The van der Waals surface area contributed by atoms with Crippen LogP contribution in [0.1, 0.15) is 33.3 Å². The zero-order valence-corrected chi connectivity index (χ0v) is 24.8. The average Bonchev–Trinajstić information content (AvgIpc) is 3.32. The van der Waals surface area contributed by atoms with E-state index in [0.717, 1.165) is 18.3 Å². The molecule has 0 aliphatic carbocycles. The highest BCUT2D eigenvalue weighted by molar-refractivity contribution is 5.99. The molecule has 14 nitrogen and oxygen atoms in total. The van der Waals surface area contributed by atoms with Crippen molar-refractivity contribution in [1.29, 1.82) is 0 Å². The van der Waals surface area contributed by atoms with E-state index in [1.807, 2.05) is 0 Å². The van der Waals surface area contributed by atoms with Crippen LogP contribution < -0.4 is 15.5 Å². The van der Waals surface area contributed by atoms with Crippen molar-refractivity contribution in [2.45, 2.75) is 32.3 Å². The highest BCUT2D eigenvalue weighted by Crippen LogP contribution is 2.30. The van der Waals surface area contributed by atoms with E-state index in [0.29, 0.717) is 12.6 Å². The van der Waals surface area contributed by atoms with Crippen molar-refractivity contribution in [1.82, 2.24) is 19.7 Å². The van der Waals surface area contributed by atoms with Gasteiger partial charge in [0.05, 0.1) is 19.2 Å². The fraction of sp³-hybridized carbons (Fsp3) is 0.444. The van der Waals surface area contributed by atoms with E-state index in [1.165, 1.54) is 9.47 Å². The molecule has 1 aromatic heterocycles. The number of rotatable bonds is 11. The fourth-order valence-corrected chi connectivity index (χ4v) is 4.37. The van der Waals surface area contributed by atoms with E-state index in [9.17, 15) is 32.8 Å². The van der Waals surface area contributed by atoms with Crippen molar-refractivity contribution in [2.24, 2.45) is 0 Å². The quantitative estimate of drug-likeness (QED) is 0.278. The molecule has 240 valence electrons. The molecule has 2 aromatic rings. The van der Waals surface area contributed by atoms with Crippen molar-refractivity contribution in [3.8, 4) is 5.75 Å². The van der Waals surface area contributed by atoms with Crippen LogP contribution in [0.15, 0.2) is 29.2 Å². The van der Waals surface area contributed by atoms with Crippen LogP contribution in [0.2, 0.25) is 0 Å². The largest absolute Gasteiger partial charge is 0.511 e. The first kappa shape index (κ1) is 34.2. The number of likely N-dealkylation sites (N-methyl/N-ethyl adjacent to an activating group) is 1. The third-order valence-corrected chi connectivity index (χ3v) is 6.53. The minimum absolute atomic E-state index is 0. The Balaban J connectivity index is 0.00000529. The standard InChI is InChI=1S/C27H30F2N4O10.ClH/c1-15-12-40-20-11-32-10-18(25(36)30-9-16-4-5-17(28)8-19(16)29)23(35)24(22(32)26(37)33(15)20)42-14-43-27(38)41-13-21(34)39-7-6-31(2)3;/h4-5,8,10,15,20H,6-7,9,11-14H2,1-3H3,(H,30,36);1H/t15-,20+;/m0./s1. The molecule has 0 radical (unpaired) electrons. The molecule has 2 amide bonds. The lowest BCUT2D eigenvalue weighted by Crippen LogP contribution is -2.49. The van der Waals surface area contributed by atoms with Gasteiger partial charge in [0.25, 0.3) is 11.8 Å². The van der Waals surface area contributed by atoms with Gasteiger partial charge in [-0.25, -0.2) is 18.4 Å². The van der Waals surface area contributed by atoms with Gasteiger partial charge in [0.15, 0.2) is 18.5 Å². The first-order valence-corrected chi connectivity index (χ1v) is 13.1. The lowest BCUT2D eigenvalue weighted by molar-refractivity contribution is -0.148. The second kappa shape index (κ2) is 14.9. The van der Waals surface area contributed by atoms with Crippen LogP contribution in [0.25, 0.3) is 0 Å². The first-order chi connectivity index (χ1) is 20.5. The molecular formula is C27H31ClF2N4O10. The average molecular weight is 645 g/mol. The van der Waals surface area contributed by atoms with Crippen molar-refractivity contribution in [2.75, 3.05) is 47.3 Å². The molecule has 0 saturated carbocycles. The van der Waals surface area contributed by atoms with Crippen molar-refractivity contribution in [3.63, 3.8) is 0 Å². The highest BCUT2D eigenvalue weighted by atomic mass is 35.5. The predicted octanol–water partition coefficient (Wildman–Crippen LogP) is 1.27. The third kappa shape index (κ3) is 8.00. The van der Waals surface area contributed by atoms with Gasteiger partial charge in [-0.15, -0.1) is 12.4 Å². The van der Waals surface area contributed by atoms with Gasteiger partial charge < -0.3 is 43.4 Å². The number of aromatic nitrogens is 1. The number of fused-ring (bicyclic) bond motifs is 2. The van der Waals surface area contributed by atoms with Gasteiger partial charge in [0, 0.05) is 30.9 Å². The number of hydrogen-bond donors (Lipinski definition) is 1. The van der Waals surface area contributed by atoms with Gasteiger partial charge in [-0.3, -0.25) is 14.4 Å². The summed E-state index contributed by atoms with van der Waals surface area (Å²) in [5.41, 5.74) is -1.71. The molecule has 4 rings (SSSR count). The van der Waals surface area contributed by atoms with Gasteiger partial charge in [-0.2, -0.15) is 0 Å². The Morgan fingerprint density at radius 3 is 2.59 bits per heavy atom. The van der Waals surface area contributed by atoms with E-state index >= 15 is 0 Å². The Hall–Kier alpha value is -4.28. The Kier molecular flexibility index (Phi) is 11.6. The normalized spacial score (nSPS) is 16.9. The zero-order valence-electron chi connectivity index (χ0n) is 24.0. The lowest BCUT2D eigenvalue weighted by Gasteiger charge is -2.34. The second-order valence-electron chi connectivity index (χ2n) is 9.94. The number of nitrogens with zero attached hydrogens (tertiary/aromatic N) is 3. The number of halogens is 3. The van der Waals surface area contributed by atoms with Gasteiger partial charge in [0.2, 0.25) is 18.0 Å². The monoisotopic (exact) mass is 644 g/mol. The molecular weight excluding hydrogens is 614 g/mol. The molecule has 2 atom stereocenters. The van der Waals surface area contributed by atoms with Crippen LogP contribution in [-0.4, -0.2) is 97.8 Å². The number of ether oxygens (including phenoxy) is 5. The molecule has 0 bridgehead atoms. The Bertz CT molecular complexity index is 1470. The number of esters is 1. The smallest absolute Gasteiger partial charge is 0.462 e. The van der Waals surface area contributed by atoms with Gasteiger partial charge in [0.1, 0.15) is 23.8 Å². The van der Waals surface area contributed by atoms with Crippen LogP contribution in [0.4, 0.5) is 13.6 Å². The molecule has 3 heterocycles. The molecule has 1 aromatic carbocycles. The number of amides is 2. The van der Waals surface area contributed by atoms with Crippen LogP contribution in [0.3, 0.4) is 0 Å². The van der Waals surface area contributed by atoms with E-state index in [4.69, 9.17) is 18.9 Å². The minimum atomic E-state index is -1.32. The summed E-state index contributed by atoms with van der Waals surface area (Å²) in [7, 11) is 3.57. The fourth-order valence-electron chi connectivity index (χ4n) is 4.37. The number of nitrogens with one attached hydrogen (secondary N) is 1. The lowest BCUT2D eigenvalue weighted by atomic mass is 10.1. The number of hydrogen-bond acceptors (Lipinski definition) is 11.